The van der Waals surface area contributed by atoms with Gasteiger partial charge in [0.1, 0.15) is 11.5 Å². The van der Waals surface area contributed by atoms with Crippen LogP contribution in [0.2, 0.25) is 0 Å². The summed E-state index contributed by atoms with van der Waals surface area (Å²) in [7, 11) is 4.55. The Balaban J connectivity index is 1.66. The van der Waals surface area contributed by atoms with E-state index in [1.54, 1.807) is 36.4 Å². The molecule has 1 aromatic carbocycles. The molecule has 192 valence electrons. The zero-order chi connectivity index (χ0) is 26.4. The summed E-state index contributed by atoms with van der Waals surface area (Å²) in [4.78, 5) is 32.3. The standard InChI is InChI=1S/C26H27N5O6/c1-5-7-17-14-24(33)29-26(27-17)31-22(15-18(30-31)19-8-6-11-37-19)28-23(32)10-9-16-12-20(34-2)25(36-4)21(13-16)35-3/h6,8-15H,5,7H2,1-4H3,(H,28,32)(H,27,29,33)/b10-9-. The van der Waals surface area contributed by atoms with Gasteiger partial charge in [0.15, 0.2) is 17.3 Å². The number of carbonyl (C=O) groups excluding carboxylic acids is 1. The Morgan fingerprint density at radius 1 is 1.14 bits per heavy atom. The maximum atomic E-state index is 12.9. The largest absolute Gasteiger partial charge is 0.493 e. The molecule has 11 nitrogen and oxygen atoms in total. The first-order valence-corrected chi connectivity index (χ1v) is 11.5. The highest BCUT2D eigenvalue weighted by Gasteiger charge is 2.17. The van der Waals surface area contributed by atoms with Gasteiger partial charge in [-0.25, -0.2) is 4.98 Å². The molecule has 3 aromatic heterocycles. The number of aryl methyl sites for hydroxylation is 1. The Labute approximate surface area is 212 Å². The second-order valence-corrected chi connectivity index (χ2v) is 7.90. The van der Waals surface area contributed by atoms with Gasteiger partial charge in [-0.1, -0.05) is 13.3 Å². The number of anilines is 1. The minimum Gasteiger partial charge on any atom is -0.493 e. The fourth-order valence-electron chi connectivity index (χ4n) is 3.69. The van der Waals surface area contributed by atoms with E-state index in [1.165, 1.54) is 44.4 Å². The van der Waals surface area contributed by atoms with Crippen molar-refractivity contribution in [3.63, 3.8) is 0 Å². The number of nitrogens with zero attached hydrogens (tertiary/aromatic N) is 3. The van der Waals surface area contributed by atoms with E-state index in [4.69, 9.17) is 18.6 Å². The van der Waals surface area contributed by atoms with E-state index in [1.807, 2.05) is 6.92 Å². The highest BCUT2D eigenvalue weighted by Crippen LogP contribution is 2.38. The summed E-state index contributed by atoms with van der Waals surface area (Å²) in [5.41, 5.74) is 1.42. The van der Waals surface area contributed by atoms with E-state index < -0.39 is 5.91 Å². The van der Waals surface area contributed by atoms with E-state index in [0.717, 1.165) is 6.42 Å². The van der Waals surface area contributed by atoms with Crippen LogP contribution in [0.1, 0.15) is 24.6 Å². The SMILES string of the molecule is CCCc1cc(=O)[nH]c(-n2nc(-c3ccco3)cc2NC(=O)/C=C\c2cc(OC)c(OC)c(OC)c2)n1. The molecule has 0 aliphatic rings. The molecule has 2 N–H and O–H groups in total. The first-order chi connectivity index (χ1) is 17.9. The van der Waals surface area contributed by atoms with Crippen LogP contribution in [0.4, 0.5) is 5.82 Å². The molecule has 0 unspecified atom stereocenters. The molecule has 0 aliphatic heterocycles. The van der Waals surface area contributed by atoms with Crippen molar-refractivity contribution in [2.24, 2.45) is 0 Å². The van der Waals surface area contributed by atoms with Crippen molar-refractivity contribution >= 4 is 17.8 Å². The molecule has 0 spiro atoms. The quantitative estimate of drug-likeness (QED) is 0.311. The fraction of sp³-hybridized carbons (Fsp3) is 0.231. The lowest BCUT2D eigenvalue weighted by atomic mass is 10.1. The number of ether oxygens (including phenoxy) is 3. The Morgan fingerprint density at radius 3 is 2.51 bits per heavy atom. The summed E-state index contributed by atoms with van der Waals surface area (Å²) < 4.78 is 22.9. The van der Waals surface area contributed by atoms with E-state index in [2.05, 4.69) is 20.4 Å². The number of rotatable bonds is 10. The number of methoxy groups -OCH3 is 3. The number of hydrogen-bond acceptors (Lipinski definition) is 8. The first-order valence-electron chi connectivity index (χ1n) is 11.5. The number of benzene rings is 1. The highest BCUT2D eigenvalue weighted by molar-refractivity contribution is 6.01. The van der Waals surface area contributed by atoms with Gasteiger partial charge in [-0.3, -0.25) is 14.6 Å². The topological polar surface area (TPSA) is 134 Å². The Hall–Kier alpha value is -4.80. The fourth-order valence-corrected chi connectivity index (χ4v) is 3.69. The zero-order valence-electron chi connectivity index (χ0n) is 20.9. The molecule has 1 amide bonds. The molecule has 0 saturated heterocycles. The van der Waals surface area contributed by atoms with Crippen molar-refractivity contribution in [2.75, 3.05) is 26.6 Å². The molecule has 0 radical (unpaired) electrons. The summed E-state index contributed by atoms with van der Waals surface area (Å²) in [6, 6.07) is 10.00. The third-order valence-corrected chi connectivity index (χ3v) is 5.34. The van der Waals surface area contributed by atoms with Crippen LogP contribution in [0.15, 0.2) is 57.9 Å². The molecule has 0 bridgehead atoms. The van der Waals surface area contributed by atoms with Crippen molar-refractivity contribution in [1.82, 2.24) is 19.7 Å². The van der Waals surface area contributed by atoms with Crippen LogP contribution < -0.4 is 25.1 Å². The van der Waals surface area contributed by atoms with Crippen LogP contribution in [0.25, 0.3) is 23.5 Å². The first kappa shape index (κ1) is 25.3. The summed E-state index contributed by atoms with van der Waals surface area (Å²) in [6.45, 7) is 2.00. The van der Waals surface area contributed by atoms with Gasteiger partial charge < -0.3 is 23.9 Å². The van der Waals surface area contributed by atoms with Crippen LogP contribution in [-0.2, 0) is 11.2 Å². The lowest BCUT2D eigenvalue weighted by molar-refractivity contribution is -0.111. The van der Waals surface area contributed by atoms with Gasteiger partial charge in [0.2, 0.25) is 17.6 Å². The van der Waals surface area contributed by atoms with Crippen molar-refractivity contribution in [1.29, 1.82) is 0 Å². The van der Waals surface area contributed by atoms with Crippen molar-refractivity contribution in [3.8, 4) is 34.7 Å². The summed E-state index contributed by atoms with van der Waals surface area (Å²) in [6.07, 6.45) is 5.93. The van der Waals surface area contributed by atoms with Crippen LogP contribution >= 0.6 is 0 Å². The number of H-pyrrole nitrogens is 1. The minimum atomic E-state index is -0.437. The van der Waals surface area contributed by atoms with Gasteiger partial charge in [-0.05, 0) is 42.3 Å². The molecule has 0 atom stereocenters. The third kappa shape index (κ3) is 5.72. The van der Waals surface area contributed by atoms with Crippen LogP contribution in [0.5, 0.6) is 17.2 Å². The van der Waals surface area contributed by atoms with Crippen LogP contribution in [0, 0.1) is 0 Å². The number of aromatic nitrogens is 4. The third-order valence-electron chi connectivity index (χ3n) is 5.34. The summed E-state index contributed by atoms with van der Waals surface area (Å²) in [5, 5.41) is 7.30. The Morgan fingerprint density at radius 2 is 1.89 bits per heavy atom. The number of furan rings is 1. The summed E-state index contributed by atoms with van der Waals surface area (Å²) in [5.74, 6) is 1.91. The Kier molecular flexibility index (Phi) is 7.72. The molecule has 0 fully saturated rings. The second kappa shape index (κ2) is 11.3. The number of nitrogens with one attached hydrogen (secondary N) is 2. The van der Waals surface area contributed by atoms with E-state index in [-0.39, 0.29) is 11.5 Å². The van der Waals surface area contributed by atoms with Crippen molar-refractivity contribution in [2.45, 2.75) is 19.8 Å². The number of aromatic amines is 1. The minimum absolute atomic E-state index is 0.178. The van der Waals surface area contributed by atoms with E-state index >= 15 is 0 Å². The van der Waals surface area contributed by atoms with Gasteiger partial charge in [-0.15, -0.1) is 0 Å². The van der Waals surface area contributed by atoms with Gasteiger partial charge in [0.25, 0.3) is 5.56 Å². The Bertz CT molecular complexity index is 1440. The van der Waals surface area contributed by atoms with E-state index in [0.29, 0.717) is 52.2 Å². The predicted molar refractivity (Wildman–Crippen MR) is 137 cm³/mol. The van der Waals surface area contributed by atoms with Gasteiger partial charge >= 0.3 is 0 Å². The normalized spacial score (nSPS) is 11.0. The van der Waals surface area contributed by atoms with Gasteiger partial charge in [-0.2, -0.15) is 9.78 Å². The molecule has 37 heavy (non-hydrogen) atoms. The molecule has 3 heterocycles. The zero-order valence-corrected chi connectivity index (χ0v) is 20.9. The highest BCUT2D eigenvalue weighted by atomic mass is 16.5. The number of amides is 1. The summed E-state index contributed by atoms with van der Waals surface area (Å²) >= 11 is 0. The van der Waals surface area contributed by atoms with Gasteiger partial charge in [0, 0.05) is 23.9 Å². The molecule has 4 rings (SSSR count). The number of carbonyl (C=O) groups is 1. The monoisotopic (exact) mass is 505 g/mol. The lowest BCUT2D eigenvalue weighted by Gasteiger charge is -2.12. The average Bonchev–Trinajstić information content (AvgIpc) is 3.57. The van der Waals surface area contributed by atoms with Gasteiger partial charge in [0.05, 0.1) is 27.6 Å². The maximum Gasteiger partial charge on any atom is 0.252 e. The maximum absolute atomic E-state index is 12.9. The molecular formula is C26H27N5O6. The predicted octanol–water partition coefficient (Wildman–Crippen LogP) is 3.85. The molecule has 0 aliphatic carbocycles. The molecule has 4 aromatic rings. The van der Waals surface area contributed by atoms with E-state index in [9.17, 15) is 9.59 Å². The second-order valence-electron chi connectivity index (χ2n) is 7.90. The van der Waals surface area contributed by atoms with Crippen molar-refractivity contribution in [3.05, 3.63) is 70.3 Å². The smallest absolute Gasteiger partial charge is 0.252 e. The lowest BCUT2D eigenvalue weighted by Crippen LogP contribution is -2.18. The average molecular weight is 506 g/mol. The molecular weight excluding hydrogens is 478 g/mol. The number of hydrogen-bond donors (Lipinski definition) is 2. The molecule has 0 saturated carbocycles. The van der Waals surface area contributed by atoms with Crippen LogP contribution in [0.3, 0.4) is 0 Å². The van der Waals surface area contributed by atoms with Crippen LogP contribution in [-0.4, -0.2) is 47.0 Å². The molecule has 11 heteroatoms. The van der Waals surface area contributed by atoms with Crippen molar-refractivity contribution < 1.29 is 23.4 Å².